The lowest BCUT2D eigenvalue weighted by atomic mass is 10.3. The van der Waals surface area contributed by atoms with E-state index in [9.17, 15) is 0 Å². The molecule has 1 aromatic heterocycles. The van der Waals surface area contributed by atoms with E-state index >= 15 is 0 Å². The van der Waals surface area contributed by atoms with E-state index in [2.05, 4.69) is 4.98 Å². The van der Waals surface area contributed by atoms with Crippen molar-refractivity contribution in [1.82, 2.24) is 4.98 Å². The molecule has 11 heavy (non-hydrogen) atoms. The molecule has 0 unspecified atom stereocenters. The van der Waals surface area contributed by atoms with Crippen LogP contribution in [0.5, 0.6) is 0 Å². The molecule has 0 radical (unpaired) electrons. The SMILES string of the molecule is Nc1nc(Cl)cc(Cl)c1CO. The molecule has 1 rings (SSSR count). The minimum atomic E-state index is -0.227. The van der Waals surface area contributed by atoms with Crippen LogP contribution in [-0.2, 0) is 6.61 Å². The van der Waals surface area contributed by atoms with Crippen LogP contribution in [0, 0.1) is 0 Å². The maximum Gasteiger partial charge on any atom is 0.132 e. The summed E-state index contributed by atoms with van der Waals surface area (Å²) in [5, 5.41) is 9.31. The third-order valence-corrected chi connectivity index (χ3v) is 1.76. The molecule has 3 N–H and O–H groups in total. The second-order valence-electron chi connectivity index (χ2n) is 1.95. The predicted molar refractivity (Wildman–Crippen MR) is 44.6 cm³/mol. The molecule has 0 spiro atoms. The smallest absolute Gasteiger partial charge is 0.132 e. The quantitative estimate of drug-likeness (QED) is 0.663. The molecule has 0 atom stereocenters. The fraction of sp³-hybridized carbons (Fsp3) is 0.167. The summed E-state index contributed by atoms with van der Waals surface area (Å²) in [7, 11) is 0. The van der Waals surface area contributed by atoms with Crippen molar-refractivity contribution in [2.24, 2.45) is 0 Å². The Morgan fingerprint density at radius 2 is 2.18 bits per heavy atom. The van der Waals surface area contributed by atoms with Gasteiger partial charge in [-0.05, 0) is 6.07 Å². The first kappa shape index (κ1) is 8.59. The third kappa shape index (κ3) is 1.74. The highest BCUT2D eigenvalue weighted by Gasteiger charge is 2.05. The molecule has 0 aliphatic carbocycles. The second-order valence-corrected chi connectivity index (χ2v) is 2.74. The topological polar surface area (TPSA) is 59.1 Å². The van der Waals surface area contributed by atoms with Gasteiger partial charge in [-0.1, -0.05) is 23.2 Å². The Morgan fingerprint density at radius 3 is 2.64 bits per heavy atom. The van der Waals surface area contributed by atoms with Gasteiger partial charge < -0.3 is 10.8 Å². The van der Waals surface area contributed by atoms with Crippen LogP contribution < -0.4 is 5.73 Å². The number of pyridine rings is 1. The number of rotatable bonds is 1. The van der Waals surface area contributed by atoms with Gasteiger partial charge in [0.05, 0.1) is 11.6 Å². The van der Waals surface area contributed by atoms with Crippen LogP contribution in [0.4, 0.5) is 5.82 Å². The fourth-order valence-corrected chi connectivity index (χ4v) is 1.20. The monoisotopic (exact) mass is 192 g/mol. The molecule has 0 aromatic carbocycles. The number of aliphatic hydroxyl groups excluding tert-OH is 1. The van der Waals surface area contributed by atoms with E-state index in [-0.39, 0.29) is 17.6 Å². The number of nitrogens with zero attached hydrogens (tertiary/aromatic N) is 1. The van der Waals surface area contributed by atoms with Gasteiger partial charge in [0.15, 0.2) is 0 Å². The van der Waals surface area contributed by atoms with Crippen LogP contribution in [0.2, 0.25) is 10.2 Å². The van der Waals surface area contributed by atoms with E-state index in [0.717, 1.165) is 0 Å². The van der Waals surface area contributed by atoms with E-state index in [1.54, 1.807) is 0 Å². The number of aromatic nitrogens is 1. The van der Waals surface area contributed by atoms with E-state index in [1.165, 1.54) is 6.07 Å². The molecule has 0 amide bonds. The van der Waals surface area contributed by atoms with Crippen LogP contribution in [0.15, 0.2) is 6.07 Å². The molecular weight excluding hydrogens is 187 g/mol. The molecule has 3 nitrogen and oxygen atoms in total. The van der Waals surface area contributed by atoms with E-state index < -0.39 is 0 Å². The maximum atomic E-state index is 8.74. The second kappa shape index (κ2) is 3.26. The summed E-state index contributed by atoms with van der Waals surface area (Å²) < 4.78 is 0. The van der Waals surface area contributed by atoms with Crippen LogP contribution in [-0.4, -0.2) is 10.1 Å². The molecule has 0 aliphatic heterocycles. The summed E-state index contributed by atoms with van der Waals surface area (Å²) in [5.74, 6) is 0.171. The lowest BCUT2D eigenvalue weighted by molar-refractivity contribution is 0.282. The summed E-state index contributed by atoms with van der Waals surface area (Å²) in [6, 6.07) is 1.44. The molecule has 1 heterocycles. The molecule has 60 valence electrons. The van der Waals surface area contributed by atoms with Gasteiger partial charge >= 0.3 is 0 Å². The van der Waals surface area contributed by atoms with Gasteiger partial charge in [0.1, 0.15) is 11.0 Å². The Kier molecular flexibility index (Phi) is 2.54. The summed E-state index contributed by atoms with van der Waals surface area (Å²) >= 11 is 11.2. The molecule has 0 bridgehead atoms. The number of hydrogen-bond donors (Lipinski definition) is 2. The number of hydrogen-bond acceptors (Lipinski definition) is 3. The summed E-state index contributed by atoms with van der Waals surface area (Å²) in [6.07, 6.45) is 0. The van der Waals surface area contributed by atoms with Crippen molar-refractivity contribution in [3.63, 3.8) is 0 Å². The summed E-state index contributed by atoms with van der Waals surface area (Å²) in [5.41, 5.74) is 5.81. The highest BCUT2D eigenvalue weighted by molar-refractivity contribution is 6.34. The average Bonchev–Trinajstić information content (AvgIpc) is 1.85. The van der Waals surface area contributed by atoms with E-state index in [4.69, 9.17) is 34.0 Å². The molecule has 0 saturated heterocycles. The number of halogens is 2. The highest BCUT2D eigenvalue weighted by atomic mass is 35.5. The molecular formula is C6H6Cl2N2O. The first-order valence-electron chi connectivity index (χ1n) is 2.86. The van der Waals surface area contributed by atoms with Crippen LogP contribution >= 0.6 is 23.2 Å². The summed E-state index contributed by atoms with van der Waals surface area (Å²) in [6.45, 7) is -0.227. The fourth-order valence-electron chi connectivity index (χ4n) is 0.685. The minimum Gasteiger partial charge on any atom is -0.391 e. The average molecular weight is 193 g/mol. The van der Waals surface area contributed by atoms with Gasteiger partial charge in [0.2, 0.25) is 0 Å². The molecule has 1 aromatic rings. The highest BCUT2D eigenvalue weighted by Crippen LogP contribution is 2.23. The van der Waals surface area contributed by atoms with Gasteiger partial charge in [-0.2, -0.15) is 0 Å². The van der Waals surface area contributed by atoms with E-state index in [0.29, 0.717) is 10.6 Å². The number of nitrogen functional groups attached to an aromatic ring is 1. The standard InChI is InChI=1S/C6H6Cl2N2O/c7-4-1-5(8)10-6(9)3(4)2-11/h1,11H,2H2,(H2,9,10). The van der Waals surface area contributed by atoms with Crippen LogP contribution in [0.3, 0.4) is 0 Å². The Balaban J connectivity index is 3.25. The Labute approximate surface area is 73.8 Å². The molecule has 5 heteroatoms. The lowest BCUT2D eigenvalue weighted by Crippen LogP contribution is -1.98. The van der Waals surface area contributed by atoms with Crippen molar-refractivity contribution in [1.29, 1.82) is 0 Å². The van der Waals surface area contributed by atoms with Crippen molar-refractivity contribution < 1.29 is 5.11 Å². The number of anilines is 1. The first-order chi connectivity index (χ1) is 5.15. The maximum absolute atomic E-state index is 8.74. The zero-order valence-corrected chi connectivity index (χ0v) is 7.02. The van der Waals surface area contributed by atoms with Crippen molar-refractivity contribution in [2.75, 3.05) is 5.73 Å². The normalized spacial score (nSPS) is 10.1. The number of nitrogens with two attached hydrogens (primary N) is 1. The molecule has 0 aliphatic rings. The Morgan fingerprint density at radius 1 is 1.55 bits per heavy atom. The van der Waals surface area contributed by atoms with Gasteiger partial charge in [0.25, 0.3) is 0 Å². The van der Waals surface area contributed by atoms with E-state index in [1.807, 2.05) is 0 Å². The van der Waals surface area contributed by atoms with Gasteiger partial charge in [0, 0.05) is 5.56 Å². The van der Waals surface area contributed by atoms with Crippen molar-refractivity contribution in [3.8, 4) is 0 Å². The zero-order chi connectivity index (χ0) is 8.43. The summed E-state index contributed by atoms with van der Waals surface area (Å²) in [4.78, 5) is 3.70. The third-order valence-electron chi connectivity index (χ3n) is 1.23. The van der Waals surface area contributed by atoms with Gasteiger partial charge in [-0.25, -0.2) is 4.98 Å². The molecule has 0 saturated carbocycles. The lowest BCUT2D eigenvalue weighted by Gasteiger charge is -2.03. The van der Waals surface area contributed by atoms with Gasteiger partial charge in [-0.3, -0.25) is 0 Å². The molecule has 0 fully saturated rings. The van der Waals surface area contributed by atoms with Crippen molar-refractivity contribution in [2.45, 2.75) is 6.61 Å². The Bertz CT molecular complexity index is 254. The van der Waals surface area contributed by atoms with Crippen LogP contribution in [0.25, 0.3) is 0 Å². The first-order valence-corrected chi connectivity index (χ1v) is 3.62. The predicted octanol–water partition coefficient (Wildman–Crippen LogP) is 1.46. The van der Waals surface area contributed by atoms with Gasteiger partial charge in [-0.15, -0.1) is 0 Å². The Hall–Kier alpha value is -0.510. The van der Waals surface area contributed by atoms with Crippen LogP contribution in [0.1, 0.15) is 5.56 Å². The van der Waals surface area contributed by atoms with Crippen molar-refractivity contribution >= 4 is 29.0 Å². The number of aliphatic hydroxyl groups is 1. The largest absolute Gasteiger partial charge is 0.391 e. The van der Waals surface area contributed by atoms with Crippen molar-refractivity contribution in [3.05, 3.63) is 21.8 Å². The minimum absolute atomic E-state index is 0.171. The zero-order valence-electron chi connectivity index (χ0n) is 5.51.